The highest BCUT2D eigenvalue weighted by molar-refractivity contribution is 6.33. The van der Waals surface area contributed by atoms with Gasteiger partial charge in [0.15, 0.2) is 0 Å². The summed E-state index contributed by atoms with van der Waals surface area (Å²) in [4.78, 5) is 27.5. The molecule has 7 heteroatoms. The number of benzene rings is 1. The lowest BCUT2D eigenvalue weighted by atomic mass is 9.84. The quantitative estimate of drug-likeness (QED) is 0.744. The van der Waals surface area contributed by atoms with Gasteiger partial charge in [-0.3, -0.25) is 14.5 Å². The molecule has 1 saturated carbocycles. The van der Waals surface area contributed by atoms with Crippen molar-refractivity contribution in [2.75, 3.05) is 26.2 Å². The molecule has 1 aromatic rings. The number of nitrogens with one attached hydrogen (secondary N) is 1. The Hall–Kier alpha value is -1.63. The Morgan fingerprint density at radius 1 is 1.22 bits per heavy atom. The topological polar surface area (TPSA) is 72.9 Å². The van der Waals surface area contributed by atoms with E-state index in [1.165, 1.54) is 0 Å². The van der Waals surface area contributed by atoms with Crippen molar-refractivity contribution in [1.29, 1.82) is 0 Å². The third-order valence-electron chi connectivity index (χ3n) is 5.73. The second-order valence-corrected chi connectivity index (χ2v) is 7.90. The van der Waals surface area contributed by atoms with Crippen LogP contribution in [-0.4, -0.2) is 71.1 Å². The normalized spacial score (nSPS) is 23.3. The van der Waals surface area contributed by atoms with Crippen LogP contribution in [0.25, 0.3) is 0 Å². The fraction of sp³-hybridized carbons (Fsp3) is 0.600. The number of likely N-dealkylation sites (N-methyl/N-ethyl adjacent to an activating group) is 1. The molecule has 2 N–H and O–H groups in total. The number of likely N-dealkylation sites (tertiary alicyclic amines) is 1. The summed E-state index contributed by atoms with van der Waals surface area (Å²) in [5.74, 6) is -0.751. The van der Waals surface area contributed by atoms with Crippen molar-refractivity contribution in [2.45, 2.75) is 50.7 Å². The summed E-state index contributed by atoms with van der Waals surface area (Å²) in [6.07, 6.45) is 3.87. The van der Waals surface area contributed by atoms with Crippen LogP contribution in [0.1, 0.15) is 43.0 Å². The van der Waals surface area contributed by atoms with Gasteiger partial charge in [0.25, 0.3) is 5.91 Å². The van der Waals surface area contributed by atoms with E-state index in [1.807, 2.05) is 28.9 Å². The Kier molecular flexibility index (Phi) is 6.73. The summed E-state index contributed by atoms with van der Waals surface area (Å²) in [6.45, 7) is 4.37. The van der Waals surface area contributed by atoms with E-state index in [0.29, 0.717) is 28.7 Å². The van der Waals surface area contributed by atoms with Gasteiger partial charge in [0.2, 0.25) is 0 Å². The molecule has 0 bridgehead atoms. The molecule has 148 valence electrons. The van der Waals surface area contributed by atoms with Crippen molar-refractivity contribution in [3.05, 3.63) is 34.9 Å². The van der Waals surface area contributed by atoms with E-state index >= 15 is 0 Å². The highest BCUT2D eigenvalue weighted by atomic mass is 35.5. The Bertz CT molecular complexity index is 670. The number of carbonyl (C=O) groups is 2. The molecule has 1 aromatic carbocycles. The number of nitrogens with zero attached hydrogens (tertiary/aromatic N) is 2. The van der Waals surface area contributed by atoms with Crippen LogP contribution in [0.4, 0.5) is 0 Å². The number of aliphatic carboxylic acids is 1. The number of hydrogen-bond acceptors (Lipinski definition) is 4. The van der Waals surface area contributed by atoms with Crippen LogP contribution in [0.2, 0.25) is 5.02 Å². The molecule has 1 saturated heterocycles. The van der Waals surface area contributed by atoms with E-state index in [4.69, 9.17) is 16.7 Å². The first-order chi connectivity index (χ1) is 13.0. The summed E-state index contributed by atoms with van der Waals surface area (Å²) in [7, 11) is 0. The Balaban J connectivity index is 1.41. The minimum Gasteiger partial charge on any atom is -0.480 e. The number of carbonyl (C=O) groups excluding carboxylic acids is 1. The minimum atomic E-state index is -0.760. The van der Waals surface area contributed by atoms with Crippen LogP contribution in [-0.2, 0) is 4.79 Å². The number of halogens is 1. The molecule has 0 radical (unpaired) electrons. The number of amides is 1. The van der Waals surface area contributed by atoms with E-state index < -0.39 is 5.97 Å². The Morgan fingerprint density at radius 3 is 2.48 bits per heavy atom. The average Bonchev–Trinajstić information content (AvgIpc) is 2.63. The van der Waals surface area contributed by atoms with Crippen molar-refractivity contribution in [3.63, 3.8) is 0 Å². The highest BCUT2D eigenvalue weighted by Crippen LogP contribution is 2.27. The van der Waals surface area contributed by atoms with Gasteiger partial charge < -0.3 is 15.3 Å². The number of rotatable bonds is 7. The van der Waals surface area contributed by atoms with Gasteiger partial charge in [-0.25, -0.2) is 0 Å². The van der Waals surface area contributed by atoms with Gasteiger partial charge in [0, 0.05) is 31.2 Å². The summed E-state index contributed by atoms with van der Waals surface area (Å²) >= 11 is 6.14. The molecule has 3 rings (SSSR count). The molecule has 1 aliphatic heterocycles. The fourth-order valence-electron chi connectivity index (χ4n) is 4.08. The highest BCUT2D eigenvalue weighted by Gasteiger charge is 2.35. The maximum Gasteiger partial charge on any atom is 0.317 e. The molecule has 0 atom stereocenters. The van der Waals surface area contributed by atoms with Crippen LogP contribution in [0.15, 0.2) is 24.3 Å². The van der Waals surface area contributed by atoms with E-state index in [9.17, 15) is 9.59 Å². The van der Waals surface area contributed by atoms with Crippen molar-refractivity contribution in [2.24, 2.45) is 0 Å². The Morgan fingerprint density at radius 2 is 1.89 bits per heavy atom. The van der Waals surface area contributed by atoms with Crippen molar-refractivity contribution >= 4 is 23.5 Å². The molecule has 1 heterocycles. The first kappa shape index (κ1) is 20.1. The van der Waals surface area contributed by atoms with Gasteiger partial charge >= 0.3 is 5.97 Å². The molecule has 6 nitrogen and oxygen atoms in total. The van der Waals surface area contributed by atoms with Crippen molar-refractivity contribution < 1.29 is 14.7 Å². The third kappa shape index (κ3) is 5.00. The predicted octanol–water partition coefficient (Wildman–Crippen LogP) is 2.47. The largest absolute Gasteiger partial charge is 0.480 e. The minimum absolute atomic E-state index is 0.00927. The van der Waals surface area contributed by atoms with Crippen LogP contribution in [0.3, 0.4) is 0 Å². The number of piperidine rings is 1. The standard InChI is InChI=1S/C20H28ClN3O3/c1-2-23(13-19(25)26)16-11-15(12-16)22-14-7-9-24(10-8-14)20(27)17-5-3-4-6-18(17)21/h3-6,14-16,22H,2,7-13H2,1H3,(H,25,26). The predicted molar refractivity (Wildman–Crippen MR) is 105 cm³/mol. The lowest BCUT2D eigenvalue weighted by Gasteiger charge is -2.45. The van der Waals surface area contributed by atoms with Gasteiger partial charge in [-0.1, -0.05) is 30.7 Å². The molecule has 0 aromatic heterocycles. The van der Waals surface area contributed by atoms with Crippen LogP contribution < -0.4 is 5.32 Å². The van der Waals surface area contributed by atoms with E-state index in [-0.39, 0.29) is 12.5 Å². The van der Waals surface area contributed by atoms with Gasteiger partial charge in [0.1, 0.15) is 0 Å². The van der Waals surface area contributed by atoms with E-state index in [2.05, 4.69) is 5.32 Å². The van der Waals surface area contributed by atoms with Gasteiger partial charge in [0.05, 0.1) is 17.1 Å². The lowest BCUT2D eigenvalue weighted by molar-refractivity contribution is -0.139. The zero-order valence-electron chi connectivity index (χ0n) is 15.7. The number of carboxylic acids is 1. The first-order valence-corrected chi connectivity index (χ1v) is 10.1. The molecule has 0 spiro atoms. The summed E-state index contributed by atoms with van der Waals surface area (Å²) in [6, 6.07) is 8.43. The van der Waals surface area contributed by atoms with Crippen LogP contribution in [0.5, 0.6) is 0 Å². The zero-order valence-corrected chi connectivity index (χ0v) is 16.5. The Labute approximate surface area is 165 Å². The molecule has 27 heavy (non-hydrogen) atoms. The third-order valence-corrected chi connectivity index (χ3v) is 6.06. The molecular weight excluding hydrogens is 366 g/mol. The SMILES string of the molecule is CCN(CC(=O)O)C1CC(NC2CCN(C(=O)c3ccccc3Cl)CC2)C1. The summed E-state index contributed by atoms with van der Waals surface area (Å²) in [5, 5.41) is 13.2. The fourth-order valence-corrected chi connectivity index (χ4v) is 4.30. The molecule has 2 fully saturated rings. The average molecular weight is 394 g/mol. The van der Waals surface area contributed by atoms with Crippen LogP contribution in [0, 0.1) is 0 Å². The van der Waals surface area contributed by atoms with Crippen molar-refractivity contribution in [1.82, 2.24) is 15.1 Å². The van der Waals surface area contributed by atoms with Crippen molar-refractivity contribution in [3.8, 4) is 0 Å². The first-order valence-electron chi connectivity index (χ1n) is 9.73. The van der Waals surface area contributed by atoms with Gasteiger partial charge in [-0.05, 0) is 44.4 Å². The monoisotopic (exact) mass is 393 g/mol. The van der Waals surface area contributed by atoms with Crippen LogP contribution >= 0.6 is 11.6 Å². The van der Waals surface area contributed by atoms with Gasteiger partial charge in [-0.2, -0.15) is 0 Å². The van der Waals surface area contributed by atoms with E-state index in [1.54, 1.807) is 12.1 Å². The maximum absolute atomic E-state index is 12.6. The van der Waals surface area contributed by atoms with Gasteiger partial charge in [-0.15, -0.1) is 0 Å². The second kappa shape index (κ2) is 9.04. The zero-order chi connectivity index (χ0) is 19.4. The summed E-state index contributed by atoms with van der Waals surface area (Å²) < 4.78 is 0. The molecule has 0 unspecified atom stereocenters. The smallest absolute Gasteiger partial charge is 0.317 e. The molecular formula is C20H28ClN3O3. The second-order valence-electron chi connectivity index (χ2n) is 7.49. The number of carboxylic acid groups (broad SMARTS) is 1. The molecule has 2 aliphatic rings. The molecule has 1 aliphatic carbocycles. The van der Waals surface area contributed by atoms with E-state index in [0.717, 1.165) is 45.3 Å². The number of hydrogen-bond donors (Lipinski definition) is 2. The summed E-state index contributed by atoms with van der Waals surface area (Å²) in [5.41, 5.74) is 0.575. The molecule has 1 amide bonds. The maximum atomic E-state index is 12.6. The lowest BCUT2D eigenvalue weighted by Crippen LogP contribution is -2.57.